The average molecular weight is 496 g/mol. The molecule has 2 aromatic carbocycles. The number of amides is 5. The molecule has 5 amide bonds. The van der Waals surface area contributed by atoms with Crippen molar-refractivity contribution in [2.45, 2.75) is 54.0 Å². The van der Waals surface area contributed by atoms with Crippen molar-refractivity contribution in [3.8, 4) is 0 Å². The van der Waals surface area contributed by atoms with Crippen LogP contribution in [0.25, 0.3) is 0 Å². The smallest absolute Gasteiger partial charge is 0.321 e. The maximum atomic E-state index is 12.9. The minimum atomic E-state index is -0.646. The SMILES string of the molecule is Cc1cccc(C)c1NC(=O)CN(CC(=O)NC(=O)NC(C)(C)C)CC(=O)Nc1c(C)cccc1C. The highest BCUT2D eigenvalue weighted by molar-refractivity contribution is 5.98. The second-order valence-corrected chi connectivity index (χ2v) is 10.0. The molecule has 0 unspecified atom stereocenters. The second-order valence-electron chi connectivity index (χ2n) is 10.0. The van der Waals surface area contributed by atoms with Crippen molar-refractivity contribution in [2.75, 3.05) is 30.3 Å². The number of nitrogens with zero attached hydrogens (tertiary/aromatic N) is 1. The predicted octanol–water partition coefficient (Wildman–Crippen LogP) is 3.42. The Hall–Kier alpha value is -3.72. The number of rotatable bonds is 8. The summed E-state index contributed by atoms with van der Waals surface area (Å²) >= 11 is 0. The van der Waals surface area contributed by atoms with Gasteiger partial charge in [0.05, 0.1) is 19.6 Å². The van der Waals surface area contributed by atoms with E-state index in [4.69, 9.17) is 0 Å². The molecule has 0 spiro atoms. The molecule has 194 valence electrons. The topological polar surface area (TPSA) is 120 Å². The standard InChI is InChI=1S/C27H37N5O4/c1-17-10-8-11-18(2)24(17)28-21(33)14-32(16-23(35)30-26(36)31-27(5,6)7)15-22(34)29-25-19(3)12-9-13-20(25)4/h8-13H,14-16H2,1-7H3,(H,28,33)(H,29,34)(H2,30,31,35,36). The fraction of sp³-hybridized carbons (Fsp3) is 0.407. The van der Waals surface area contributed by atoms with Gasteiger partial charge in [-0.3, -0.25) is 24.6 Å². The second kappa shape index (κ2) is 12.3. The van der Waals surface area contributed by atoms with Crippen molar-refractivity contribution < 1.29 is 19.2 Å². The van der Waals surface area contributed by atoms with Gasteiger partial charge in [0.2, 0.25) is 17.7 Å². The third kappa shape index (κ3) is 9.14. The van der Waals surface area contributed by atoms with E-state index in [0.29, 0.717) is 11.4 Å². The first-order chi connectivity index (χ1) is 16.7. The van der Waals surface area contributed by atoms with E-state index < -0.39 is 17.5 Å². The molecule has 0 atom stereocenters. The summed E-state index contributed by atoms with van der Waals surface area (Å²) in [6, 6.07) is 10.7. The number of nitrogens with one attached hydrogen (secondary N) is 4. The van der Waals surface area contributed by atoms with E-state index >= 15 is 0 Å². The zero-order chi connectivity index (χ0) is 27.0. The molecular formula is C27H37N5O4. The number of carbonyl (C=O) groups is 4. The van der Waals surface area contributed by atoms with Crippen LogP contribution in [-0.4, -0.2) is 53.8 Å². The van der Waals surface area contributed by atoms with Gasteiger partial charge in [-0.25, -0.2) is 4.79 Å². The third-order valence-corrected chi connectivity index (χ3v) is 5.33. The Morgan fingerprint density at radius 1 is 0.667 bits per heavy atom. The fourth-order valence-electron chi connectivity index (χ4n) is 3.70. The summed E-state index contributed by atoms with van der Waals surface area (Å²) in [5.74, 6) is -1.38. The molecule has 0 aromatic heterocycles. The van der Waals surface area contributed by atoms with E-state index in [0.717, 1.165) is 22.3 Å². The van der Waals surface area contributed by atoms with Gasteiger partial charge in [0.1, 0.15) is 0 Å². The zero-order valence-corrected chi connectivity index (χ0v) is 22.2. The fourth-order valence-corrected chi connectivity index (χ4v) is 3.70. The summed E-state index contributed by atoms with van der Waals surface area (Å²) in [4.78, 5) is 51.8. The Morgan fingerprint density at radius 2 is 1.03 bits per heavy atom. The van der Waals surface area contributed by atoms with Crippen LogP contribution in [0.15, 0.2) is 36.4 Å². The molecule has 0 aliphatic carbocycles. The molecule has 0 heterocycles. The summed E-state index contributed by atoms with van der Waals surface area (Å²) in [5, 5.41) is 10.6. The van der Waals surface area contributed by atoms with Gasteiger partial charge in [-0.05, 0) is 70.7 Å². The molecule has 0 saturated carbocycles. The van der Waals surface area contributed by atoms with Gasteiger partial charge in [-0.1, -0.05) is 36.4 Å². The number of imide groups is 1. The van der Waals surface area contributed by atoms with Crippen molar-refractivity contribution in [2.24, 2.45) is 0 Å². The highest BCUT2D eigenvalue weighted by Gasteiger charge is 2.22. The first-order valence-electron chi connectivity index (χ1n) is 11.8. The van der Waals surface area contributed by atoms with Crippen LogP contribution < -0.4 is 21.3 Å². The van der Waals surface area contributed by atoms with Crippen LogP contribution >= 0.6 is 0 Å². The van der Waals surface area contributed by atoms with Crippen LogP contribution in [0.4, 0.5) is 16.2 Å². The predicted molar refractivity (Wildman–Crippen MR) is 142 cm³/mol. The molecule has 0 radical (unpaired) electrons. The number of para-hydroxylation sites is 2. The number of aryl methyl sites for hydroxylation is 4. The van der Waals surface area contributed by atoms with Gasteiger partial charge >= 0.3 is 6.03 Å². The van der Waals surface area contributed by atoms with Gasteiger partial charge < -0.3 is 16.0 Å². The summed E-state index contributed by atoms with van der Waals surface area (Å²) in [5.41, 5.74) is 4.46. The third-order valence-electron chi connectivity index (χ3n) is 5.33. The number of benzene rings is 2. The quantitative estimate of drug-likeness (QED) is 0.447. The van der Waals surface area contributed by atoms with Crippen LogP contribution in [-0.2, 0) is 14.4 Å². The summed E-state index contributed by atoms with van der Waals surface area (Å²) in [7, 11) is 0. The Kier molecular flexibility index (Phi) is 9.75. The van der Waals surface area contributed by atoms with Crippen molar-refractivity contribution in [3.05, 3.63) is 58.7 Å². The lowest BCUT2D eigenvalue weighted by molar-refractivity contribution is -0.124. The highest BCUT2D eigenvalue weighted by atomic mass is 16.2. The molecule has 4 N–H and O–H groups in total. The minimum Gasteiger partial charge on any atom is -0.333 e. The number of urea groups is 1. The van der Waals surface area contributed by atoms with E-state index in [1.807, 2.05) is 64.1 Å². The Bertz CT molecular complexity index is 1030. The van der Waals surface area contributed by atoms with E-state index in [-0.39, 0.29) is 31.4 Å². The Labute approximate surface area is 213 Å². The normalized spacial score (nSPS) is 11.1. The van der Waals surface area contributed by atoms with Gasteiger partial charge in [0.25, 0.3) is 0 Å². The minimum absolute atomic E-state index is 0.220. The average Bonchev–Trinajstić information content (AvgIpc) is 2.72. The number of hydrogen-bond acceptors (Lipinski definition) is 5. The first-order valence-corrected chi connectivity index (χ1v) is 11.8. The van der Waals surface area contributed by atoms with Crippen LogP contribution in [0.1, 0.15) is 43.0 Å². The van der Waals surface area contributed by atoms with Crippen molar-refractivity contribution in [1.29, 1.82) is 0 Å². The molecule has 0 aliphatic heterocycles. The lowest BCUT2D eigenvalue weighted by Crippen LogP contribution is -2.51. The molecule has 2 aromatic rings. The van der Waals surface area contributed by atoms with E-state index in [1.54, 1.807) is 20.8 Å². The molecule has 9 nitrogen and oxygen atoms in total. The zero-order valence-electron chi connectivity index (χ0n) is 22.2. The maximum Gasteiger partial charge on any atom is 0.321 e. The summed E-state index contributed by atoms with van der Waals surface area (Å²) < 4.78 is 0. The van der Waals surface area contributed by atoms with Crippen molar-refractivity contribution in [3.63, 3.8) is 0 Å². The van der Waals surface area contributed by atoms with Gasteiger partial charge in [0.15, 0.2) is 0 Å². The van der Waals surface area contributed by atoms with E-state index in [9.17, 15) is 19.2 Å². The number of carbonyl (C=O) groups excluding carboxylic acids is 4. The molecule has 0 bridgehead atoms. The molecule has 0 saturated heterocycles. The summed E-state index contributed by atoms with van der Waals surface area (Å²) in [6.07, 6.45) is 0. The van der Waals surface area contributed by atoms with Crippen LogP contribution in [0.5, 0.6) is 0 Å². The van der Waals surface area contributed by atoms with Crippen molar-refractivity contribution in [1.82, 2.24) is 15.5 Å². The highest BCUT2D eigenvalue weighted by Crippen LogP contribution is 2.20. The van der Waals surface area contributed by atoms with Gasteiger partial charge in [-0.15, -0.1) is 0 Å². The van der Waals surface area contributed by atoms with Crippen molar-refractivity contribution >= 4 is 35.1 Å². The molecule has 0 aliphatic rings. The van der Waals surface area contributed by atoms with Crippen LogP contribution in [0, 0.1) is 27.7 Å². The maximum absolute atomic E-state index is 12.9. The lowest BCUT2D eigenvalue weighted by atomic mass is 10.1. The van der Waals surface area contributed by atoms with E-state index in [1.165, 1.54) is 4.90 Å². The van der Waals surface area contributed by atoms with Gasteiger partial charge in [-0.2, -0.15) is 0 Å². The molecule has 2 rings (SSSR count). The Balaban J connectivity index is 2.14. The largest absolute Gasteiger partial charge is 0.333 e. The molecule has 36 heavy (non-hydrogen) atoms. The number of anilines is 2. The Morgan fingerprint density at radius 3 is 1.39 bits per heavy atom. The summed E-state index contributed by atoms with van der Waals surface area (Å²) in [6.45, 7) is 12.2. The molecule has 9 heteroatoms. The molecular weight excluding hydrogens is 458 g/mol. The number of hydrogen-bond donors (Lipinski definition) is 4. The van der Waals surface area contributed by atoms with Crippen LogP contribution in [0.3, 0.4) is 0 Å². The van der Waals surface area contributed by atoms with Crippen LogP contribution in [0.2, 0.25) is 0 Å². The first kappa shape index (κ1) is 28.5. The molecule has 0 fully saturated rings. The van der Waals surface area contributed by atoms with E-state index in [2.05, 4.69) is 21.3 Å². The lowest BCUT2D eigenvalue weighted by Gasteiger charge is -2.23. The van der Waals surface area contributed by atoms with Gasteiger partial charge in [0, 0.05) is 16.9 Å². The monoisotopic (exact) mass is 495 g/mol.